The fourth-order valence-corrected chi connectivity index (χ4v) is 6.97. The number of aromatic amines is 1. The van der Waals surface area contributed by atoms with Crippen LogP contribution in [0.2, 0.25) is 0 Å². The maximum Gasteiger partial charge on any atom is 0.439 e. The highest BCUT2D eigenvalue weighted by Crippen LogP contribution is 2.37. The molecule has 13 nitrogen and oxygen atoms in total. The zero-order valence-electron chi connectivity index (χ0n) is 27.8. The number of amides is 1. The number of ether oxygens (including phenoxy) is 1. The summed E-state index contributed by atoms with van der Waals surface area (Å²) in [5, 5.41) is 7.60. The molecule has 2 N–H and O–H groups in total. The van der Waals surface area contributed by atoms with Gasteiger partial charge in [-0.2, -0.15) is 4.98 Å². The number of anilines is 2. The Bertz CT molecular complexity index is 1560. The first-order valence-corrected chi connectivity index (χ1v) is 16.7. The summed E-state index contributed by atoms with van der Waals surface area (Å²) in [5.41, 5.74) is 0.840. The third-order valence-corrected chi connectivity index (χ3v) is 9.90. The van der Waals surface area contributed by atoms with Gasteiger partial charge in [0.25, 0.3) is 0 Å². The number of hydrogen-bond acceptors (Lipinski definition) is 10. The molecule has 0 unspecified atom stereocenters. The standard InChI is InChI=1S/C32H49N9O4/c1-18-11-13-22(14-12-18)17-41-24-25(33-21(4)23-9-8-10-23)34-27(28-37-30(42)45-38-28)35-26(24)36-29(41)39-15-20(3)40(16-19(39)2)31(43)44-32(5,6)7/h18-23H,8-17H2,1-7H3,(H,33,34,35)(H,37,38,42)/t18?,19-,20+,21-,22?/m1/s1. The molecule has 2 saturated carbocycles. The largest absolute Gasteiger partial charge is 0.444 e. The molecule has 3 aromatic heterocycles. The lowest BCUT2D eigenvalue weighted by atomic mass is 9.80. The molecule has 3 aromatic rings. The Morgan fingerprint density at radius 1 is 1.04 bits per heavy atom. The smallest absolute Gasteiger partial charge is 0.439 e. The number of imidazole rings is 1. The van der Waals surface area contributed by atoms with Gasteiger partial charge >= 0.3 is 11.8 Å². The summed E-state index contributed by atoms with van der Waals surface area (Å²) < 4.78 is 12.9. The van der Waals surface area contributed by atoms with Crippen LogP contribution in [0.4, 0.5) is 16.6 Å². The Morgan fingerprint density at radius 3 is 2.40 bits per heavy atom. The van der Waals surface area contributed by atoms with Gasteiger partial charge in [-0.25, -0.2) is 19.6 Å². The van der Waals surface area contributed by atoms with Gasteiger partial charge in [0.1, 0.15) is 11.1 Å². The summed E-state index contributed by atoms with van der Waals surface area (Å²) in [6.45, 7) is 16.3. The van der Waals surface area contributed by atoms with E-state index < -0.39 is 11.4 Å². The van der Waals surface area contributed by atoms with E-state index in [2.05, 4.69) is 52.6 Å². The van der Waals surface area contributed by atoms with E-state index in [-0.39, 0.29) is 35.9 Å². The van der Waals surface area contributed by atoms with Crippen LogP contribution in [0.25, 0.3) is 22.8 Å². The molecule has 0 radical (unpaired) electrons. The van der Waals surface area contributed by atoms with Crippen LogP contribution < -0.4 is 16.0 Å². The van der Waals surface area contributed by atoms with Crippen LogP contribution in [0.15, 0.2) is 9.32 Å². The van der Waals surface area contributed by atoms with Gasteiger partial charge < -0.3 is 24.4 Å². The van der Waals surface area contributed by atoms with E-state index in [0.29, 0.717) is 36.4 Å². The van der Waals surface area contributed by atoms with Crippen LogP contribution >= 0.6 is 0 Å². The summed E-state index contributed by atoms with van der Waals surface area (Å²) in [6, 6.07) is 0.109. The van der Waals surface area contributed by atoms with E-state index in [1.165, 1.54) is 44.9 Å². The van der Waals surface area contributed by atoms with Crippen molar-refractivity contribution in [2.45, 2.75) is 124 Å². The fourth-order valence-electron chi connectivity index (χ4n) is 6.97. The lowest BCUT2D eigenvalue weighted by molar-refractivity contribution is 0.0128. The van der Waals surface area contributed by atoms with Gasteiger partial charge in [0.05, 0.1) is 0 Å². The highest BCUT2D eigenvalue weighted by Gasteiger charge is 2.38. The molecule has 1 amide bonds. The summed E-state index contributed by atoms with van der Waals surface area (Å²) in [7, 11) is 0. The number of H-pyrrole nitrogens is 1. The van der Waals surface area contributed by atoms with Crippen molar-refractivity contribution in [3.63, 3.8) is 0 Å². The Morgan fingerprint density at radius 2 is 1.78 bits per heavy atom. The second-order valence-electron chi connectivity index (χ2n) is 14.8. The number of rotatable bonds is 7. The van der Waals surface area contributed by atoms with Crippen LogP contribution in [0.1, 0.15) is 93.4 Å². The van der Waals surface area contributed by atoms with Crippen molar-refractivity contribution in [2.24, 2.45) is 17.8 Å². The molecule has 4 heterocycles. The third kappa shape index (κ3) is 6.67. The second kappa shape index (κ2) is 12.3. The average molecular weight is 624 g/mol. The minimum atomic E-state index is -0.658. The number of nitrogens with zero attached hydrogens (tertiary/aromatic N) is 7. The first-order valence-electron chi connectivity index (χ1n) is 16.7. The molecule has 1 aliphatic heterocycles. The molecule has 13 heteroatoms. The van der Waals surface area contributed by atoms with E-state index in [1.54, 1.807) is 0 Å². The maximum atomic E-state index is 13.1. The van der Waals surface area contributed by atoms with Crippen LogP contribution in [0.3, 0.4) is 0 Å². The average Bonchev–Trinajstić information content (AvgIpc) is 3.52. The Balaban J connectivity index is 1.42. The molecule has 1 saturated heterocycles. The zero-order valence-corrected chi connectivity index (χ0v) is 27.8. The predicted molar refractivity (Wildman–Crippen MR) is 172 cm³/mol. The Kier molecular flexibility index (Phi) is 8.55. The van der Waals surface area contributed by atoms with Crippen LogP contribution in [0.5, 0.6) is 0 Å². The van der Waals surface area contributed by atoms with Crippen molar-refractivity contribution in [2.75, 3.05) is 23.3 Å². The first-order chi connectivity index (χ1) is 21.4. The summed E-state index contributed by atoms with van der Waals surface area (Å²) >= 11 is 0. The van der Waals surface area contributed by atoms with Gasteiger partial charge in [0.2, 0.25) is 17.6 Å². The van der Waals surface area contributed by atoms with Crippen molar-refractivity contribution in [3.8, 4) is 11.6 Å². The molecule has 0 aromatic carbocycles. The molecule has 3 fully saturated rings. The molecule has 2 aliphatic carbocycles. The molecule has 3 atom stereocenters. The van der Waals surface area contributed by atoms with Crippen molar-refractivity contribution in [1.82, 2.24) is 34.6 Å². The number of piperazine rings is 1. The monoisotopic (exact) mass is 623 g/mol. The topological polar surface area (TPSA) is 147 Å². The van der Waals surface area contributed by atoms with E-state index in [1.807, 2.05) is 25.7 Å². The van der Waals surface area contributed by atoms with Gasteiger partial charge in [-0.3, -0.25) is 9.51 Å². The van der Waals surface area contributed by atoms with Crippen LogP contribution in [0, 0.1) is 17.8 Å². The van der Waals surface area contributed by atoms with Gasteiger partial charge in [0, 0.05) is 37.8 Å². The molecule has 3 aliphatic rings. The molecule has 246 valence electrons. The van der Waals surface area contributed by atoms with E-state index in [0.717, 1.165) is 23.9 Å². The number of hydrogen-bond donors (Lipinski definition) is 2. The van der Waals surface area contributed by atoms with Gasteiger partial charge in [-0.15, -0.1) is 0 Å². The summed E-state index contributed by atoms with van der Waals surface area (Å²) in [5.74, 6) is 3.12. The van der Waals surface area contributed by atoms with Crippen LogP contribution in [-0.4, -0.2) is 77.5 Å². The zero-order chi connectivity index (χ0) is 32.0. The number of fused-ring (bicyclic) bond motifs is 1. The Labute approximate surface area is 264 Å². The van der Waals surface area contributed by atoms with Crippen molar-refractivity contribution in [1.29, 1.82) is 0 Å². The highest BCUT2D eigenvalue weighted by atomic mass is 16.6. The van der Waals surface area contributed by atoms with Gasteiger partial charge in [0.15, 0.2) is 11.5 Å². The minimum absolute atomic E-state index is 0.0136. The van der Waals surface area contributed by atoms with Gasteiger partial charge in [-0.1, -0.05) is 31.3 Å². The number of aromatic nitrogens is 6. The van der Waals surface area contributed by atoms with E-state index in [9.17, 15) is 9.59 Å². The third-order valence-electron chi connectivity index (χ3n) is 9.90. The highest BCUT2D eigenvalue weighted by molar-refractivity contribution is 5.87. The van der Waals surface area contributed by atoms with Gasteiger partial charge in [-0.05, 0) is 85.0 Å². The predicted octanol–water partition coefficient (Wildman–Crippen LogP) is 5.43. The molecule has 6 rings (SSSR count). The number of carbonyl (C=O) groups excluding carboxylic acids is 1. The molecular weight excluding hydrogens is 574 g/mol. The van der Waals surface area contributed by atoms with E-state index in [4.69, 9.17) is 24.2 Å². The number of carbonyl (C=O) groups is 1. The maximum absolute atomic E-state index is 13.1. The molecule has 45 heavy (non-hydrogen) atoms. The lowest BCUT2D eigenvalue weighted by Crippen LogP contribution is -2.59. The quantitative estimate of drug-likeness (QED) is 0.349. The number of nitrogens with one attached hydrogen (secondary N) is 2. The Hall–Kier alpha value is -3.64. The SMILES string of the molecule is CC1CCC(Cn2c(N3C[C@H](C)N(C(=O)OC(C)(C)C)C[C@H]3C)nc3nc(-c4noc(=O)[nH]4)nc(N[C@H](C)C4CCC4)c32)CC1. The molecular formula is C32H49N9O4. The fraction of sp³-hybridized carbons (Fsp3) is 0.750. The second-order valence-corrected chi connectivity index (χ2v) is 14.8. The van der Waals surface area contributed by atoms with E-state index >= 15 is 0 Å². The van der Waals surface area contributed by atoms with Crippen molar-refractivity contribution < 1.29 is 14.1 Å². The van der Waals surface area contributed by atoms with Crippen molar-refractivity contribution >= 4 is 29.0 Å². The lowest BCUT2D eigenvalue weighted by Gasteiger charge is -2.44. The first kappa shape index (κ1) is 31.3. The summed E-state index contributed by atoms with van der Waals surface area (Å²) in [4.78, 5) is 46.6. The molecule has 0 spiro atoms. The minimum Gasteiger partial charge on any atom is -0.444 e. The normalized spacial score (nSPS) is 25.3. The van der Waals surface area contributed by atoms with Crippen molar-refractivity contribution in [3.05, 3.63) is 10.6 Å². The molecule has 0 bridgehead atoms. The van der Waals surface area contributed by atoms with Crippen LogP contribution in [-0.2, 0) is 11.3 Å². The summed E-state index contributed by atoms with van der Waals surface area (Å²) in [6.07, 6.45) is 8.10.